The second-order valence-electron chi connectivity index (χ2n) is 4.75. The molecule has 0 unspecified atom stereocenters. The zero-order valence-electron chi connectivity index (χ0n) is 13.0. The minimum atomic E-state index is -0.852. The maximum absolute atomic E-state index is 13.6. The molecule has 2 rings (SSSR count). The third-order valence-corrected chi connectivity index (χ3v) is 3.10. The lowest BCUT2D eigenvalue weighted by molar-refractivity contribution is -0.384. The van der Waals surface area contributed by atoms with E-state index in [1.807, 2.05) is 0 Å². The SMILES string of the molecule is COc1ccccc1C(=O)OCC(=O)Nc1cc([N+](=O)[O-])ccc1F. The van der Waals surface area contributed by atoms with Crippen molar-refractivity contribution in [1.82, 2.24) is 0 Å². The summed E-state index contributed by atoms with van der Waals surface area (Å²) in [4.78, 5) is 33.7. The number of amides is 1. The van der Waals surface area contributed by atoms with Crippen LogP contribution in [0.1, 0.15) is 10.4 Å². The van der Waals surface area contributed by atoms with Crippen LogP contribution >= 0.6 is 0 Å². The van der Waals surface area contributed by atoms with Crippen LogP contribution < -0.4 is 10.1 Å². The van der Waals surface area contributed by atoms with Gasteiger partial charge in [0, 0.05) is 12.1 Å². The highest BCUT2D eigenvalue weighted by Crippen LogP contribution is 2.21. The van der Waals surface area contributed by atoms with Gasteiger partial charge in [-0.1, -0.05) is 12.1 Å². The average molecular weight is 348 g/mol. The molecule has 0 aliphatic carbocycles. The molecule has 25 heavy (non-hydrogen) atoms. The fraction of sp³-hybridized carbons (Fsp3) is 0.125. The van der Waals surface area contributed by atoms with Crippen molar-refractivity contribution in [2.75, 3.05) is 19.0 Å². The number of non-ortho nitro benzene ring substituents is 1. The molecule has 0 bridgehead atoms. The number of nitro benzene ring substituents is 1. The van der Waals surface area contributed by atoms with Gasteiger partial charge in [-0.05, 0) is 18.2 Å². The summed E-state index contributed by atoms with van der Waals surface area (Å²) in [5, 5.41) is 12.8. The van der Waals surface area contributed by atoms with E-state index in [9.17, 15) is 24.1 Å². The zero-order chi connectivity index (χ0) is 18.4. The summed E-state index contributed by atoms with van der Waals surface area (Å²) in [6.45, 7) is -0.695. The number of nitrogens with zero attached hydrogens (tertiary/aromatic N) is 1. The summed E-state index contributed by atoms with van der Waals surface area (Å²) >= 11 is 0. The lowest BCUT2D eigenvalue weighted by atomic mass is 10.2. The summed E-state index contributed by atoms with van der Waals surface area (Å²) < 4.78 is 23.4. The normalized spacial score (nSPS) is 10.0. The number of para-hydroxylation sites is 1. The van der Waals surface area contributed by atoms with Crippen molar-refractivity contribution in [3.8, 4) is 5.75 Å². The van der Waals surface area contributed by atoms with Gasteiger partial charge in [-0.2, -0.15) is 0 Å². The Balaban J connectivity index is 2.00. The third kappa shape index (κ3) is 4.50. The predicted molar refractivity (Wildman–Crippen MR) is 85.0 cm³/mol. The molecule has 0 saturated carbocycles. The Bertz CT molecular complexity index is 824. The molecular weight excluding hydrogens is 335 g/mol. The first kappa shape index (κ1) is 17.9. The van der Waals surface area contributed by atoms with Crippen molar-refractivity contribution in [2.24, 2.45) is 0 Å². The van der Waals surface area contributed by atoms with Gasteiger partial charge in [0.15, 0.2) is 6.61 Å². The highest BCUT2D eigenvalue weighted by Gasteiger charge is 2.17. The largest absolute Gasteiger partial charge is 0.496 e. The van der Waals surface area contributed by atoms with Crippen molar-refractivity contribution >= 4 is 23.3 Å². The van der Waals surface area contributed by atoms with Gasteiger partial charge in [0.25, 0.3) is 11.6 Å². The van der Waals surface area contributed by atoms with Crippen molar-refractivity contribution in [1.29, 1.82) is 0 Å². The van der Waals surface area contributed by atoms with Crippen LogP contribution in [0.5, 0.6) is 5.75 Å². The van der Waals surface area contributed by atoms with Crippen LogP contribution in [0.2, 0.25) is 0 Å². The minimum absolute atomic E-state index is 0.124. The lowest BCUT2D eigenvalue weighted by Gasteiger charge is -2.09. The molecule has 9 heteroatoms. The first-order valence-electron chi connectivity index (χ1n) is 6.96. The van der Waals surface area contributed by atoms with Gasteiger partial charge < -0.3 is 14.8 Å². The van der Waals surface area contributed by atoms with E-state index >= 15 is 0 Å². The molecule has 0 heterocycles. The Morgan fingerprint density at radius 3 is 2.64 bits per heavy atom. The molecule has 8 nitrogen and oxygen atoms in total. The van der Waals surface area contributed by atoms with E-state index in [2.05, 4.69) is 5.32 Å². The number of anilines is 1. The van der Waals surface area contributed by atoms with E-state index in [0.717, 1.165) is 18.2 Å². The number of hydrogen-bond acceptors (Lipinski definition) is 6. The second-order valence-corrected chi connectivity index (χ2v) is 4.75. The first-order valence-corrected chi connectivity index (χ1v) is 6.96. The Hall–Kier alpha value is -3.49. The van der Waals surface area contributed by atoms with E-state index in [-0.39, 0.29) is 22.7 Å². The molecular formula is C16H13FN2O6. The molecule has 2 aromatic carbocycles. The molecule has 0 atom stereocenters. The average Bonchev–Trinajstić information content (AvgIpc) is 2.61. The Kier molecular flexibility index (Phi) is 5.62. The molecule has 0 aliphatic rings. The number of nitro groups is 1. The fourth-order valence-electron chi connectivity index (χ4n) is 1.93. The number of hydrogen-bond donors (Lipinski definition) is 1. The van der Waals surface area contributed by atoms with Crippen LogP contribution in [0.25, 0.3) is 0 Å². The highest BCUT2D eigenvalue weighted by molar-refractivity contribution is 5.96. The first-order chi connectivity index (χ1) is 11.9. The zero-order valence-corrected chi connectivity index (χ0v) is 13.0. The van der Waals surface area contributed by atoms with Gasteiger partial charge in [0.1, 0.15) is 17.1 Å². The molecule has 0 saturated heterocycles. The maximum atomic E-state index is 13.6. The molecule has 0 radical (unpaired) electrons. The van der Waals surface area contributed by atoms with Crippen LogP contribution in [-0.2, 0) is 9.53 Å². The van der Waals surface area contributed by atoms with E-state index in [1.165, 1.54) is 13.2 Å². The van der Waals surface area contributed by atoms with Crippen molar-refractivity contribution in [2.45, 2.75) is 0 Å². The monoisotopic (exact) mass is 348 g/mol. The van der Waals surface area contributed by atoms with Crippen LogP contribution in [0.15, 0.2) is 42.5 Å². The summed E-state index contributed by atoms with van der Waals surface area (Å²) in [5.41, 5.74) is -0.644. The molecule has 0 aliphatic heterocycles. The molecule has 130 valence electrons. The van der Waals surface area contributed by atoms with Crippen LogP contribution in [0.3, 0.4) is 0 Å². The van der Waals surface area contributed by atoms with Crippen LogP contribution in [0.4, 0.5) is 15.8 Å². The number of rotatable bonds is 6. The van der Waals surface area contributed by atoms with Crippen LogP contribution in [0, 0.1) is 15.9 Å². The van der Waals surface area contributed by atoms with Gasteiger partial charge in [-0.15, -0.1) is 0 Å². The topological polar surface area (TPSA) is 108 Å². The second kappa shape index (κ2) is 7.86. The number of benzene rings is 2. The number of carbonyl (C=O) groups excluding carboxylic acids is 2. The van der Waals surface area contributed by atoms with Gasteiger partial charge in [-0.25, -0.2) is 9.18 Å². The van der Waals surface area contributed by atoms with Gasteiger partial charge in [0.05, 0.1) is 17.7 Å². The van der Waals surface area contributed by atoms with Crippen molar-refractivity contribution in [3.05, 3.63) is 64.0 Å². The molecule has 1 N–H and O–H groups in total. The summed E-state index contributed by atoms with van der Waals surface area (Å²) in [6.07, 6.45) is 0. The number of methoxy groups -OCH3 is 1. The van der Waals surface area contributed by atoms with Gasteiger partial charge in [-0.3, -0.25) is 14.9 Å². The Labute approximate surface area is 141 Å². The number of carbonyl (C=O) groups is 2. The molecule has 0 spiro atoms. The number of halogens is 1. The lowest BCUT2D eigenvalue weighted by Crippen LogP contribution is -2.21. The number of nitrogens with one attached hydrogen (secondary N) is 1. The molecule has 1 amide bonds. The van der Waals surface area contributed by atoms with Gasteiger partial charge >= 0.3 is 5.97 Å². The van der Waals surface area contributed by atoms with E-state index in [4.69, 9.17) is 9.47 Å². The smallest absolute Gasteiger partial charge is 0.342 e. The highest BCUT2D eigenvalue weighted by atomic mass is 19.1. The number of esters is 1. The molecule has 2 aromatic rings. The summed E-state index contributed by atoms with van der Waals surface area (Å²) in [5.74, 6) is -2.22. The Morgan fingerprint density at radius 1 is 1.24 bits per heavy atom. The van der Waals surface area contributed by atoms with Crippen molar-refractivity contribution < 1.29 is 28.4 Å². The third-order valence-electron chi connectivity index (χ3n) is 3.10. The van der Waals surface area contributed by atoms with E-state index in [0.29, 0.717) is 0 Å². The van der Waals surface area contributed by atoms with Crippen LogP contribution in [-0.4, -0.2) is 30.5 Å². The van der Waals surface area contributed by atoms with Gasteiger partial charge in [0.2, 0.25) is 0 Å². The number of ether oxygens (including phenoxy) is 2. The summed E-state index contributed by atoms with van der Waals surface area (Å²) in [7, 11) is 1.38. The predicted octanol–water partition coefficient (Wildman–Crippen LogP) is 2.54. The molecule has 0 aromatic heterocycles. The van der Waals surface area contributed by atoms with E-state index in [1.54, 1.807) is 18.2 Å². The minimum Gasteiger partial charge on any atom is -0.496 e. The quantitative estimate of drug-likeness (QED) is 0.488. The van der Waals surface area contributed by atoms with Crippen molar-refractivity contribution in [3.63, 3.8) is 0 Å². The molecule has 0 fully saturated rings. The maximum Gasteiger partial charge on any atom is 0.342 e. The van der Waals surface area contributed by atoms with E-state index < -0.39 is 29.2 Å². The summed E-state index contributed by atoms with van der Waals surface area (Å²) in [6, 6.07) is 8.95. The standard InChI is InChI=1S/C16H13FN2O6/c1-24-14-5-3-2-4-11(14)16(21)25-9-15(20)18-13-8-10(19(22)23)6-7-12(13)17/h2-8H,9H2,1H3,(H,18,20). The Morgan fingerprint density at radius 2 is 1.96 bits per heavy atom. The fourth-order valence-corrected chi connectivity index (χ4v) is 1.93.